The quantitative estimate of drug-likeness (QED) is 0.818. The number of hydrogen-bond donors (Lipinski definition) is 1. The van der Waals surface area contributed by atoms with Crippen LogP contribution in [0.15, 0.2) is 24.3 Å². The van der Waals surface area contributed by atoms with Crippen LogP contribution in [0.1, 0.15) is 12.5 Å². The summed E-state index contributed by atoms with van der Waals surface area (Å²) in [6.45, 7) is 1.91. The molecule has 92 valence electrons. The molecule has 1 rings (SSSR count). The minimum absolute atomic E-state index is 0.0180. The zero-order valence-electron chi connectivity index (χ0n) is 9.52. The van der Waals surface area contributed by atoms with Crippen molar-refractivity contribution in [3.05, 3.63) is 29.8 Å². The van der Waals surface area contributed by atoms with Gasteiger partial charge in [-0.3, -0.25) is 9.59 Å². The molecule has 5 heteroatoms. The van der Waals surface area contributed by atoms with E-state index in [1.165, 1.54) is 6.92 Å². The third-order valence-electron chi connectivity index (χ3n) is 2.29. The van der Waals surface area contributed by atoms with Gasteiger partial charge in [-0.1, -0.05) is 12.1 Å². The van der Waals surface area contributed by atoms with E-state index in [0.717, 1.165) is 5.69 Å². The molecule has 0 aromatic heterocycles. The molecule has 0 fully saturated rings. The Morgan fingerprint density at radius 2 is 1.88 bits per heavy atom. The lowest BCUT2D eigenvalue weighted by Crippen LogP contribution is -2.30. The second-order valence-electron chi connectivity index (χ2n) is 3.60. The van der Waals surface area contributed by atoms with Gasteiger partial charge in [-0.2, -0.15) is 0 Å². The molecule has 0 aliphatic heterocycles. The Morgan fingerprint density at radius 3 is 2.29 bits per heavy atom. The van der Waals surface area contributed by atoms with Gasteiger partial charge < -0.3 is 10.0 Å². The number of nitrogens with zero attached hydrogens (tertiary/aromatic N) is 1. The van der Waals surface area contributed by atoms with Crippen molar-refractivity contribution in [1.29, 1.82) is 0 Å². The molecular formula is C12H14ClNO3. The van der Waals surface area contributed by atoms with E-state index >= 15 is 0 Å². The number of alkyl halides is 1. The monoisotopic (exact) mass is 255 g/mol. The van der Waals surface area contributed by atoms with Gasteiger partial charge >= 0.3 is 5.97 Å². The molecule has 1 N–H and O–H groups in total. The number of anilines is 1. The van der Waals surface area contributed by atoms with Gasteiger partial charge in [0.05, 0.1) is 6.42 Å². The SMILES string of the molecule is CC(=O)N(CCCl)c1ccc(CC(=O)O)cc1. The number of hydrogen-bond acceptors (Lipinski definition) is 2. The fourth-order valence-electron chi connectivity index (χ4n) is 1.52. The molecule has 0 bridgehead atoms. The first-order valence-corrected chi connectivity index (χ1v) is 5.73. The second kappa shape index (κ2) is 6.25. The van der Waals surface area contributed by atoms with Crippen molar-refractivity contribution in [3.8, 4) is 0 Å². The topological polar surface area (TPSA) is 57.6 Å². The zero-order valence-corrected chi connectivity index (χ0v) is 10.3. The van der Waals surface area contributed by atoms with E-state index in [9.17, 15) is 9.59 Å². The van der Waals surface area contributed by atoms with Gasteiger partial charge in [-0.05, 0) is 17.7 Å². The van der Waals surface area contributed by atoms with Gasteiger partial charge in [0.15, 0.2) is 0 Å². The van der Waals surface area contributed by atoms with E-state index in [2.05, 4.69) is 0 Å². The van der Waals surface area contributed by atoms with E-state index in [1.54, 1.807) is 29.2 Å². The highest BCUT2D eigenvalue weighted by Crippen LogP contribution is 2.16. The maximum absolute atomic E-state index is 11.4. The van der Waals surface area contributed by atoms with Crippen molar-refractivity contribution < 1.29 is 14.7 Å². The number of halogens is 1. The summed E-state index contributed by atoms with van der Waals surface area (Å²) >= 11 is 5.62. The summed E-state index contributed by atoms with van der Waals surface area (Å²) < 4.78 is 0. The molecule has 0 saturated heterocycles. The number of carboxylic acids is 1. The third kappa shape index (κ3) is 4.07. The van der Waals surface area contributed by atoms with Gasteiger partial charge in [0.1, 0.15) is 0 Å². The second-order valence-corrected chi connectivity index (χ2v) is 3.97. The Morgan fingerprint density at radius 1 is 1.29 bits per heavy atom. The molecule has 0 aliphatic carbocycles. The Kier molecular flexibility index (Phi) is 4.97. The van der Waals surface area contributed by atoms with Crippen LogP contribution in [-0.4, -0.2) is 29.4 Å². The molecule has 0 heterocycles. The van der Waals surface area contributed by atoms with Crippen LogP contribution in [0.5, 0.6) is 0 Å². The van der Waals surface area contributed by atoms with Crippen LogP contribution in [0.4, 0.5) is 5.69 Å². The molecule has 17 heavy (non-hydrogen) atoms. The van der Waals surface area contributed by atoms with Gasteiger partial charge in [-0.15, -0.1) is 11.6 Å². The number of carbonyl (C=O) groups is 2. The van der Waals surface area contributed by atoms with Crippen LogP contribution in [0.25, 0.3) is 0 Å². The summed E-state index contributed by atoms with van der Waals surface area (Å²) in [5.74, 6) is -0.602. The summed E-state index contributed by atoms with van der Waals surface area (Å²) in [6, 6.07) is 6.86. The lowest BCUT2D eigenvalue weighted by molar-refractivity contribution is -0.136. The van der Waals surface area contributed by atoms with Crippen molar-refractivity contribution in [3.63, 3.8) is 0 Å². The lowest BCUT2D eigenvalue weighted by atomic mass is 10.1. The molecule has 0 aliphatic rings. The van der Waals surface area contributed by atoms with Crippen LogP contribution in [-0.2, 0) is 16.0 Å². The fourth-order valence-corrected chi connectivity index (χ4v) is 1.69. The van der Waals surface area contributed by atoms with Crippen LogP contribution in [0.2, 0.25) is 0 Å². The highest BCUT2D eigenvalue weighted by atomic mass is 35.5. The Labute approximate surface area is 105 Å². The molecule has 0 atom stereocenters. The summed E-state index contributed by atoms with van der Waals surface area (Å²) in [6.07, 6.45) is -0.0180. The van der Waals surface area contributed by atoms with Crippen LogP contribution in [0.3, 0.4) is 0 Å². The van der Waals surface area contributed by atoms with Crippen LogP contribution in [0, 0.1) is 0 Å². The van der Waals surface area contributed by atoms with Crippen LogP contribution >= 0.6 is 11.6 Å². The zero-order chi connectivity index (χ0) is 12.8. The molecule has 0 unspecified atom stereocenters. The molecule has 1 aromatic carbocycles. The smallest absolute Gasteiger partial charge is 0.307 e. The van der Waals surface area contributed by atoms with Gasteiger partial charge in [-0.25, -0.2) is 0 Å². The third-order valence-corrected chi connectivity index (χ3v) is 2.46. The van der Waals surface area contributed by atoms with Crippen molar-refractivity contribution in [2.24, 2.45) is 0 Å². The normalized spacial score (nSPS) is 10.0. The number of carbonyl (C=O) groups excluding carboxylic acids is 1. The Balaban J connectivity index is 2.84. The Bertz CT molecular complexity index is 403. The van der Waals surface area contributed by atoms with E-state index in [0.29, 0.717) is 18.0 Å². The van der Waals surface area contributed by atoms with Gasteiger partial charge in [0, 0.05) is 25.0 Å². The highest BCUT2D eigenvalue weighted by molar-refractivity contribution is 6.18. The largest absolute Gasteiger partial charge is 0.481 e. The standard InChI is InChI=1S/C12H14ClNO3/c1-9(15)14(7-6-13)11-4-2-10(3-5-11)8-12(16)17/h2-5H,6-8H2,1H3,(H,16,17). The highest BCUT2D eigenvalue weighted by Gasteiger charge is 2.10. The first kappa shape index (κ1) is 13.5. The molecule has 0 spiro atoms. The average Bonchev–Trinajstić information content (AvgIpc) is 2.26. The lowest BCUT2D eigenvalue weighted by Gasteiger charge is -2.20. The summed E-state index contributed by atoms with van der Waals surface area (Å²) in [5, 5.41) is 8.64. The van der Waals surface area contributed by atoms with Gasteiger partial charge in [0.25, 0.3) is 0 Å². The van der Waals surface area contributed by atoms with Crippen LogP contribution < -0.4 is 4.90 Å². The molecule has 0 saturated carbocycles. The maximum Gasteiger partial charge on any atom is 0.307 e. The number of amides is 1. The van der Waals surface area contributed by atoms with E-state index in [4.69, 9.17) is 16.7 Å². The van der Waals surface area contributed by atoms with Gasteiger partial charge in [0.2, 0.25) is 5.91 Å². The average molecular weight is 256 g/mol. The van der Waals surface area contributed by atoms with Crippen molar-refractivity contribution in [1.82, 2.24) is 0 Å². The predicted molar refractivity (Wildman–Crippen MR) is 66.5 cm³/mol. The number of carboxylic acid groups (broad SMARTS) is 1. The Hall–Kier alpha value is -1.55. The van der Waals surface area contributed by atoms with Crippen molar-refractivity contribution >= 4 is 29.2 Å². The number of rotatable bonds is 5. The fraction of sp³-hybridized carbons (Fsp3) is 0.333. The van der Waals surface area contributed by atoms with E-state index in [1.807, 2.05) is 0 Å². The summed E-state index contributed by atoms with van der Waals surface area (Å²) in [4.78, 5) is 23.4. The first-order chi connectivity index (χ1) is 8.04. The molecule has 0 radical (unpaired) electrons. The first-order valence-electron chi connectivity index (χ1n) is 5.19. The summed E-state index contributed by atoms with van der Waals surface area (Å²) in [5.41, 5.74) is 1.43. The van der Waals surface area contributed by atoms with E-state index in [-0.39, 0.29) is 12.3 Å². The minimum Gasteiger partial charge on any atom is -0.481 e. The van der Waals surface area contributed by atoms with E-state index < -0.39 is 5.97 Å². The maximum atomic E-state index is 11.4. The molecule has 1 amide bonds. The molecular weight excluding hydrogens is 242 g/mol. The number of aliphatic carboxylic acids is 1. The molecule has 4 nitrogen and oxygen atoms in total. The number of benzene rings is 1. The minimum atomic E-state index is -0.873. The summed E-state index contributed by atoms with van der Waals surface area (Å²) in [7, 11) is 0. The molecule has 1 aromatic rings. The predicted octanol–water partition coefficient (Wildman–Crippen LogP) is 1.91. The van der Waals surface area contributed by atoms with Crippen molar-refractivity contribution in [2.45, 2.75) is 13.3 Å². The van der Waals surface area contributed by atoms with Crippen molar-refractivity contribution in [2.75, 3.05) is 17.3 Å².